The van der Waals surface area contributed by atoms with Crippen LogP contribution < -0.4 is 15.8 Å². The van der Waals surface area contributed by atoms with Gasteiger partial charge in [0, 0.05) is 26.2 Å². The monoisotopic (exact) mass is 416 g/mol. The molecule has 0 aliphatic carbocycles. The third kappa shape index (κ3) is 3.84. The van der Waals surface area contributed by atoms with Crippen LogP contribution >= 0.6 is 0 Å². The van der Waals surface area contributed by atoms with Crippen LogP contribution in [-0.4, -0.2) is 71.1 Å². The van der Waals surface area contributed by atoms with Crippen LogP contribution in [0.4, 0.5) is 5.69 Å². The minimum absolute atomic E-state index is 0.0137. The molecule has 0 bridgehead atoms. The zero-order chi connectivity index (χ0) is 21.1. The number of nitrogens with one attached hydrogen (secondary N) is 1. The molecule has 0 unspecified atom stereocenters. The Hall–Kier alpha value is -2.72. The van der Waals surface area contributed by atoms with Gasteiger partial charge in [-0.15, -0.1) is 5.10 Å². The molecule has 2 aliphatic rings. The van der Waals surface area contributed by atoms with Crippen LogP contribution in [0.5, 0.6) is 0 Å². The molecule has 4 heterocycles. The first-order valence-electron chi connectivity index (χ1n) is 10.5. The molecule has 10 heteroatoms. The Balaban J connectivity index is 1.91. The van der Waals surface area contributed by atoms with Crippen LogP contribution in [0.25, 0.3) is 11.4 Å². The van der Waals surface area contributed by atoms with Gasteiger partial charge in [0.05, 0.1) is 25.5 Å². The summed E-state index contributed by atoms with van der Waals surface area (Å²) in [6.45, 7) is 8.18. The van der Waals surface area contributed by atoms with Gasteiger partial charge in [0.15, 0.2) is 5.82 Å². The van der Waals surface area contributed by atoms with Crippen LogP contribution in [0.15, 0.2) is 10.9 Å². The molecule has 162 valence electrons. The van der Waals surface area contributed by atoms with Crippen LogP contribution in [0, 0.1) is 0 Å². The molecule has 1 N–H and O–H groups in total. The normalized spacial score (nSPS) is 17.3. The van der Waals surface area contributed by atoms with Crippen molar-refractivity contribution < 1.29 is 14.3 Å². The summed E-state index contributed by atoms with van der Waals surface area (Å²) >= 11 is 0. The molecule has 0 radical (unpaired) electrons. The van der Waals surface area contributed by atoms with E-state index in [2.05, 4.69) is 20.3 Å². The summed E-state index contributed by atoms with van der Waals surface area (Å²) in [4.78, 5) is 32.6. The molecule has 0 atom stereocenters. The topological polar surface area (TPSA) is 103 Å². The summed E-state index contributed by atoms with van der Waals surface area (Å²) in [6.07, 6.45) is 3.22. The molecule has 2 aromatic rings. The fraction of sp³-hybridized carbons (Fsp3) is 0.600. The van der Waals surface area contributed by atoms with Crippen molar-refractivity contribution in [1.29, 1.82) is 0 Å². The van der Waals surface area contributed by atoms with E-state index in [1.807, 2.05) is 13.0 Å². The van der Waals surface area contributed by atoms with Crippen molar-refractivity contribution in [3.63, 3.8) is 0 Å². The molecule has 0 amide bonds. The number of aromatic nitrogens is 4. The zero-order valence-electron chi connectivity index (χ0n) is 17.5. The van der Waals surface area contributed by atoms with Gasteiger partial charge in [-0.1, -0.05) is 13.0 Å². The number of anilines is 1. The van der Waals surface area contributed by atoms with Crippen molar-refractivity contribution in [2.24, 2.45) is 0 Å². The smallest absolute Gasteiger partial charge is 0.326 e. The number of carbonyl (C=O) groups excluding carboxylic acids is 1. The fourth-order valence-corrected chi connectivity index (χ4v) is 4.02. The maximum atomic E-state index is 13.5. The fourth-order valence-electron chi connectivity index (χ4n) is 4.02. The Labute approximate surface area is 174 Å². The summed E-state index contributed by atoms with van der Waals surface area (Å²) in [5.41, 5.74) is 2.12. The molecule has 1 saturated heterocycles. The highest BCUT2D eigenvalue weighted by Gasteiger charge is 2.26. The summed E-state index contributed by atoms with van der Waals surface area (Å²) in [5.74, 6) is 0.512. The predicted octanol–water partition coefficient (Wildman–Crippen LogP) is 0.230. The van der Waals surface area contributed by atoms with E-state index in [0.717, 1.165) is 37.4 Å². The molecular weight excluding hydrogens is 388 g/mol. The van der Waals surface area contributed by atoms with Crippen LogP contribution in [0.3, 0.4) is 0 Å². The van der Waals surface area contributed by atoms with Crippen molar-refractivity contribution >= 4 is 23.0 Å². The molecule has 30 heavy (non-hydrogen) atoms. The molecule has 0 saturated carbocycles. The molecule has 1 fully saturated rings. The molecule has 0 spiro atoms. The van der Waals surface area contributed by atoms with Gasteiger partial charge in [-0.05, 0) is 25.3 Å². The highest BCUT2D eigenvalue weighted by Crippen LogP contribution is 2.23. The molecule has 4 rings (SSSR count). The average Bonchev–Trinajstić information content (AvgIpc) is 3.23. The molecule has 2 aromatic heterocycles. The van der Waals surface area contributed by atoms with Crippen molar-refractivity contribution in [2.45, 2.75) is 33.2 Å². The Morgan fingerprint density at radius 1 is 1.30 bits per heavy atom. The Morgan fingerprint density at radius 3 is 2.77 bits per heavy atom. The number of ether oxygens (including phenoxy) is 2. The second kappa shape index (κ2) is 8.97. The third-order valence-corrected chi connectivity index (χ3v) is 5.44. The van der Waals surface area contributed by atoms with E-state index < -0.39 is 0 Å². The number of hydrogen-bond donors (Lipinski definition) is 1. The Kier molecular flexibility index (Phi) is 6.14. The lowest BCUT2D eigenvalue weighted by Crippen LogP contribution is -2.47. The Morgan fingerprint density at radius 2 is 2.10 bits per heavy atom. The average molecular weight is 416 g/mol. The number of carbonyl (C=O) groups is 1. The lowest BCUT2D eigenvalue weighted by molar-refractivity contribution is -0.143. The van der Waals surface area contributed by atoms with Crippen molar-refractivity contribution in [3.05, 3.63) is 27.9 Å². The van der Waals surface area contributed by atoms with Gasteiger partial charge in [-0.25, -0.2) is 0 Å². The van der Waals surface area contributed by atoms with E-state index in [4.69, 9.17) is 9.47 Å². The molecular formula is C20H28N6O4. The van der Waals surface area contributed by atoms with Gasteiger partial charge in [0.2, 0.25) is 5.78 Å². The first kappa shape index (κ1) is 20.5. The SMILES string of the molecule is CCOC(=O)Cn1c(CC)c(N2CCNCC2)c(=O)n2nc(C3=CCOCC3)nc12. The van der Waals surface area contributed by atoms with Crippen molar-refractivity contribution in [1.82, 2.24) is 24.5 Å². The van der Waals surface area contributed by atoms with Crippen molar-refractivity contribution in [2.75, 3.05) is 50.9 Å². The standard InChI is InChI=1S/C20H28N6O4/c1-3-15-17(24-9-7-21-8-10-24)19(28)26-20(25(15)13-16(27)30-4-2)22-18(23-26)14-5-11-29-12-6-14/h5,21H,3-4,6-13H2,1-2H3. The number of nitrogens with zero attached hydrogens (tertiary/aromatic N) is 5. The summed E-state index contributed by atoms with van der Waals surface area (Å²) in [5, 5.41) is 7.85. The van der Waals surface area contributed by atoms with Gasteiger partial charge in [0.1, 0.15) is 12.2 Å². The van der Waals surface area contributed by atoms with E-state index in [1.54, 1.807) is 11.5 Å². The van der Waals surface area contributed by atoms with Crippen molar-refractivity contribution in [3.8, 4) is 0 Å². The maximum Gasteiger partial charge on any atom is 0.326 e. The lowest BCUT2D eigenvalue weighted by Gasteiger charge is -2.31. The number of rotatable bonds is 6. The predicted molar refractivity (Wildman–Crippen MR) is 112 cm³/mol. The highest BCUT2D eigenvalue weighted by atomic mass is 16.5. The summed E-state index contributed by atoms with van der Waals surface area (Å²) in [7, 11) is 0. The van der Waals surface area contributed by atoms with Gasteiger partial charge in [-0.2, -0.15) is 9.50 Å². The van der Waals surface area contributed by atoms with Crippen LogP contribution in [-0.2, 0) is 27.2 Å². The lowest BCUT2D eigenvalue weighted by atomic mass is 10.1. The van der Waals surface area contributed by atoms with E-state index in [9.17, 15) is 9.59 Å². The number of esters is 1. The molecule has 0 aromatic carbocycles. The first-order valence-corrected chi connectivity index (χ1v) is 10.5. The van der Waals surface area contributed by atoms with E-state index in [0.29, 0.717) is 50.0 Å². The second-order valence-electron chi connectivity index (χ2n) is 7.28. The van der Waals surface area contributed by atoms with E-state index in [-0.39, 0.29) is 18.1 Å². The maximum absolute atomic E-state index is 13.5. The third-order valence-electron chi connectivity index (χ3n) is 5.44. The van der Waals surface area contributed by atoms with E-state index in [1.165, 1.54) is 4.52 Å². The minimum Gasteiger partial charge on any atom is -0.465 e. The minimum atomic E-state index is -0.362. The second-order valence-corrected chi connectivity index (χ2v) is 7.28. The largest absolute Gasteiger partial charge is 0.465 e. The number of piperazine rings is 1. The van der Waals surface area contributed by atoms with Gasteiger partial charge in [-0.3, -0.25) is 9.59 Å². The summed E-state index contributed by atoms with van der Waals surface area (Å²) in [6, 6.07) is 0. The van der Waals surface area contributed by atoms with Gasteiger partial charge in [0.25, 0.3) is 5.56 Å². The molecule has 10 nitrogen and oxygen atoms in total. The zero-order valence-corrected chi connectivity index (χ0v) is 17.5. The number of hydrogen-bond acceptors (Lipinski definition) is 8. The van der Waals surface area contributed by atoms with E-state index >= 15 is 0 Å². The quantitative estimate of drug-likeness (QED) is 0.668. The van der Waals surface area contributed by atoms with Gasteiger partial charge >= 0.3 is 5.97 Å². The highest BCUT2D eigenvalue weighted by molar-refractivity contribution is 5.71. The van der Waals surface area contributed by atoms with Gasteiger partial charge < -0.3 is 24.3 Å². The molecule has 2 aliphatic heterocycles. The summed E-state index contributed by atoms with van der Waals surface area (Å²) < 4.78 is 13.7. The Bertz CT molecular complexity index is 1020. The van der Waals surface area contributed by atoms with Crippen LogP contribution in [0.1, 0.15) is 31.8 Å². The van der Waals surface area contributed by atoms with Crippen LogP contribution in [0.2, 0.25) is 0 Å². The number of fused-ring (bicyclic) bond motifs is 1. The first-order chi connectivity index (χ1) is 14.6.